The molecule has 1 saturated carbocycles. The summed E-state index contributed by atoms with van der Waals surface area (Å²) in [6.45, 7) is 13.4. The Bertz CT molecular complexity index is 1070. The van der Waals surface area contributed by atoms with E-state index in [-0.39, 0.29) is 5.76 Å². The number of nitrogens with zero attached hydrogens (tertiary/aromatic N) is 3. The molecule has 1 aromatic heterocycles. The molecule has 2 aromatic rings. The summed E-state index contributed by atoms with van der Waals surface area (Å²) < 4.78 is 0. The van der Waals surface area contributed by atoms with Crippen LogP contribution in [0, 0.1) is 12.8 Å². The van der Waals surface area contributed by atoms with E-state index in [9.17, 15) is 5.11 Å². The summed E-state index contributed by atoms with van der Waals surface area (Å²) in [5.41, 5.74) is 5.78. The highest BCUT2D eigenvalue weighted by Crippen LogP contribution is 2.41. The van der Waals surface area contributed by atoms with Gasteiger partial charge in [0.15, 0.2) is 0 Å². The molecule has 1 N–H and O–H groups in total. The minimum atomic E-state index is 0.230. The maximum atomic E-state index is 11.0. The lowest BCUT2D eigenvalue weighted by atomic mass is 9.99. The molecule has 5 rings (SSSR count). The maximum Gasteiger partial charge on any atom is 0.148 e. The zero-order chi connectivity index (χ0) is 20.8. The molecular weight excluding hydrogens is 390 g/mol. The number of aliphatic hydroxyl groups is 1. The molecule has 0 atom stereocenters. The van der Waals surface area contributed by atoms with E-state index in [0.29, 0.717) is 5.57 Å². The highest BCUT2D eigenvalue weighted by molar-refractivity contribution is 7.12. The van der Waals surface area contributed by atoms with Crippen molar-refractivity contribution in [1.82, 2.24) is 14.8 Å². The number of thiazole rings is 1. The topological polar surface area (TPSA) is 39.6 Å². The highest BCUT2D eigenvalue weighted by atomic mass is 32.1. The Morgan fingerprint density at radius 2 is 1.93 bits per heavy atom. The van der Waals surface area contributed by atoms with Crippen LogP contribution >= 0.6 is 11.3 Å². The van der Waals surface area contributed by atoms with Crippen molar-refractivity contribution >= 4 is 16.9 Å². The minimum Gasteiger partial charge on any atom is -0.505 e. The van der Waals surface area contributed by atoms with Crippen molar-refractivity contribution in [2.24, 2.45) is 5.92 Å². The Labute approximate surface area is 182 Å². The molecule has 0 radical (unpaired) electrons. The lowest BCUT2D eigenvalue weighted by Crippen LogP contribution is -2.43. The fraction of sp³-hybridized carbons (Fsp3) is 0.320. The van der Waals surface area contributed by atoms with Crippen LogP contribution in [-0.4, -0.2) is 39.5 Å². The fourth-order valence-electron chi connectivity index (χ4n) is 4.12. The summed E-state index contributed by atoms with van der Waals surface area (Å²) in [5.74, 6) is 1.02. The molecule has 3 aliphatic rings. The average molecular weight is 418 g/mol. The second kappa shape index (κ2) is 7.47. The molecule has 1 aromatic carbocycles. The molecule has 2 aliphatic heterocycles. The predicted octanol–water partition coefficient (Wildman–Crippen LogP) is 5.26. The molecule has 30 heavy (non-hydrogen) atoms. The first-order chi connectivity index (χ1) is 14.5. The number of aromatic nitrogens is 1. The van der Waals surface area contributed by atoms with Crippen molar-refractivity contribution < 1.29 is 5.11 Å². The van der Waals surface area contributed by atoms with Gasteiger partial charge in [0, 0.05) is 54.5 Å². The highest BCUT2D eigenvalue weighted by Gasteiger charge is 2.34. The quantitative estimate of drug-likeness (QED) is 0.720. The lowest BCUT2D eigenvalue weighted by molar-refractivity contribution is 0.237. The summed E-state index contributed by atoms with van der Waals surface area (Å²) in [4.78, 5) is 10.3. The standard InChI is InChI=1S/C25H27N3OS/c1-16-4-6-19(7-5-16)12-21-13-26-25(30-21)22-15-28-11-10-27(14-20-8-9-20)18(3)23(28)24(29)17(22)2/h4-7,13,15,20,29H,2-3,8-12,14H2,1H3. The van der Waals surface area contributed by atoms with E-state index >= 15 is 0 Å². The summed E-state index contributed by atoms with van der Waals surface area (Å²) in [6, 6.07) is 8.62. The van der Waals surface area contributed by atoms with Crippen LogP contribution in [0.1, 0.15) is 33.9 Å². The van der Waals surface area contributed by atoms with Crippen molar-refractivity contribution in [2.75, 3.05) is 19.6 Å². The zero-order valence-corrected chi connectivity index (χ0v) is 18.2. The van der Waals surface area contributed by atoms with E-state index < -0.39 is 0 Å². The van der Waals surface area contributed by atoms with Crippen LogP contribution in [0.4, 0.5) is 0 Å². The van der Waals surface area contributed by atoms with Gasteiger partial charge in [0.25, 0.3) is 0 Å². The molecule has 2 fully saturated rings. The van der Waals surface area contributed by atoms with E-state index in [1.807, 2.05) is 6.20 Å². The van der Waals surface area contributed by atoms with Gasteiger partial charge in [-0.05, 0) is 31.2 Å². The first-order valence-electron chi connectivity index (χ1n) is 10.6. The predicted molar refractivity (Wildman–Crippen MR) is 123 cm³/mol. The van der Waals surface area contributed by atoms with Gasteiger partial charge in [0.2, 0.25) is 0 Å². The van der Waals surface area contributed by atoms with Crippen LogP contribution in [-0.2, 0) is 6.42 Å². The first kappa shape index (κ1) is 19.2. The zero-order valence-electron chi connectivity index (χ0n) is 17.4. The van der Waals surface area contributed by atoms with Gasteiger partial charge in [-0.1, -0.05) is 43.0 Å². The van der Waals surface area contributed by atoms with Gasteiger partial charge in [0.1, 0.15) is 16.5 Å². The van der Waals surface area contributed by atoms with Crippen molar-refractivity contribution in [3.8, 4) is 0 Å². The molecule has 0 spiro atoms. The molecule has 1 aliphatic carbocycles. The van der Waals surface area contributed by atoms with Gasteiger partial charge in [-0.2, -0.15) is 0 Å². The number of aryl methyl sites for hydroxylation is 1. The second-order valence-electron chi connectivity index (χ2n) is 8.54. The molecule has 1 saturated heterocycles. The molecule has 0 bridgehead atoms. The van der Waals surface area contributed by atoms with Gasteiger partial charge < -0.3 is 14.9 Å². The number of rotatable bonds is 5. The molecule has 0 unspecified atom stereocenters. The third-order valence-corrected chi connectivity index (χ3v) is 7.16. The molecule has 5 heteroatoms. The third kappa shape index (κ3) is 3.58. The average Bonchev–Trinajstić information content (AvgIpc) is 3.44. The van der Waals surface area contributed by atoms with Crippen LogP contribution < -0.4 is 0 Å². The van der Waals surface area contributed by atoms with E-state index in [1.54, 1.807) is 11.3 Å². The Kier molecular flexibility index (Phi) is 4.78. The van der Waals surface area contributed by atoms with Crippen molar-refractivity contribution in [3.05, 3.63) is 93.6 Å². The number of allylic oxidation sites excluding steroid dienone is 1. The SMILES string of the molecule is C=C1C(c2ncc(Cc3ccc(C)cc3)s2)=CN2CCN(CC3CC3)C(=C)C2=C1O. The van der Waals surface area contributed by atoms with E-state index in [0.717, 1.165) is 53.9 Å². The first-order valence-corrected chi connectivity index (χ1v) is 11.4. The Morgan fingerprint density at radius 1 is 1.17 bits per heavy atom. The monoisotopic (exact) mass is 417 g/mol. The number of fused-ring (bicyclic) bond motifs is 1. The maximum absolute atomic E-state index is 11.0. The largest absolute Gasteiger partial charge is 0.505 e. The summed E-state index contributed by atoms with van der Waals surface area (Å²) >= 11 is 1.67. The number of aliphatic hydroxyl groups excluding tert-OH is 1. The Hall–Kier alpha value is -2.79. The number of hydrogen-bond acceptors (Lipinski definition) is 5. The van der Waals surface area contributed by atoms with E-state index in [1.165, 1.54) is 28.8 Å². The van der Waals surface area contributed by atoms with E-state index in [2.05, 4.69) is 65.3 Å². The third-order valence-electron chi connectivity index (χ3n) is 6.13. The normalized spacial score (nSPS) is 19.3. The minimum absolute atomic E-state index is 0.230. The summed E-state index contributed by atoms with van der Waals surface area (Å²) in [7, 11) is 0. The van der Waals surface area contributed by atoms with Crippen molar-refractivity contribution in [3.63, 3.8) is 0 Å². The molecule has 0 amide bonds. The van der Waals surface area contributed by atoms with Gasteiger partial charge >= 0.3 is 0 Å². The van der Waals surface area contributed by atoms with Crippen LogP contribution in [0.5, 0.6) is 0 Å². The molecule has 4 nitrogen and oxygen atoms in total. The van der Waals surface area contributed by atoms with Gasteiger partial charge in [-0.25, -0.2) is 4.98 Å². The van der Waals surface area contributed by atoms with Crippen LogP contribution in [0.2, 0.25) is 0 Å². The summed E-state index contributed by atoms with van der Waals surface area (Å²) in [6.07, 6.45) is 7.51. The Morgan fingerprint density at radius 3 is 2.67 bits per heavy atom. The fourth-order valence-corrected chi connectivity index (χ4v) is 5.10. The van der Waals surface area contributed by atoms with Gasteiger partial charge in [0.05, 0.1) is 5.70 Å². The van der Waals surface area contributed by atoms with Crippen molar-refractivity contribution in [1.29, 1.82) is 0 Å². The van der Waals surface area contributed by atoms with Crippen molar-refractivity contribution in [2.45, 2.75) is 26.2 Å². The van der Waals surface area contributed by atoms with Gasteiger partial charge in [-0.15, -0.1) is 11.3 Å². The summed E-state index contributed by atoms with van der Waals surface area (Å²) in [5, 5.41) is 11.9. The Balaban J connectivity index is 1.36. The lowest BCUT2D eigenvalue weighted by Gasteiger charge is -2.41. The van der Waals surface area contributed by atoms with Gasteiger partial charge in [-0.3, -0.25) is 0 Å². The molecule has 3 heterocycles. The van der Waals surface area contributed by atoms with Crippen LogP contribution in [0.15, 0.2) is 72.5 Å². The number of benzene rings is 1. The number of hydrogen-bond donors (Lipinski definition) is 1. The van der Waals surface area contributed by atoms with Crippen LogP contribution in [0.25, 0.3) is 5.57 Å². The number of piperazine rings is 1. The molecular formula is C25H27N3OS. The second-order valence-corrected chi connectivity index (χ2v) is 9.66. The molecule has 154 valence electrons. The van der Waals surface area contributed by atoms with E-state index in [4.69, 9.17) is 0 Å². The smallest absolute Gasteiger partial charge is 0.148 e. The van der Waals surface area contributed by atoms with Crippen LogP contribution in [0.3, 0.4) is 0 Å².